The molecule has 1 aliphatic rings. The summed E-state index contributed by atoms with van der Waals surface area (Å²) in [5.74, 6) is 0.975. The largest absolute Gasteiger partial charge is 0.334 e. The van der Waals surface area contributed by atoms with Crippen LogP contribution in [0.5, 0.6) is 0 Å². The van der Waals surface area contributed by atoms with Crippen molar-refractivity contribution in [3.63, 3.8) is 0 Å². The summed E-state index contributed by atoms with van der Waals surface area (Å²) in [4.78, 5) is 8.42. The summed E-state index contributed by atoms with van der Waals surface area (Å²) < 4.78 is 30.4. The van der Waals surface area contributed by atoms with Gasteiger partial charge >= 0.3 is 0 Å². The van der Waals surface area contributed by atoms with Crippen LogP contribution in [0.4, 0.5) is 0 Å². The molecule has 0 bridgehead atoms. The van der Waals surface area contributed by atoms with Gasteiger partial charge in [-0.2, -0.15) is 4.98 Å². The lowest BCUT2D eigenvalue weighted by atomic mass is 9.82. The average molecular weight is 322 g/mol. The normalized spacial score (nSPS) is 23.5. The summed E-state index contributed by atoms with van der Waals surface area (Å²) >= 11 is 0. The lowest BCUT2D eigenvalue weighted by Gasteiger charge is -2.36. The summed E-state index contributed by atoms with van der Waals surface area (Å²) in [6.07, 6.45) is 6.16. The summed E-state index contributed by atoms with van der Waals surface area (Å²) in [7, 11) is -3.21. The fraction of sp³-hybridized carbons (Fsp3) is 0.500. The number of aromatic nitrogens is 3. The first-order valence-corrected chi connectivity index (χ1v) is 8.93. The van der Waals surface area contributed by atoms with Gasteiger partial charge in [-0.25, -0.2) is 12.7 Å². The Balaban J connectivity index is 1.89. The third-order valence-electron chi connectivity index (χ3n) is 4.02. The Hall–Kier alpha value is -1.80. The van der Waals surface area contributed by atoms with E-state index in [0.717, 1.165) is 18.4 Å². The summed E-state index contributed by atoms with van der Waals surface area (Å²) in [5, 5.41) is 4.08. The van der Waals surface area contributed by atoms with Crippen LogP contribution in [0.25, 0.3) is 11.5 Å². The van der Waals surface area contributed by atoms with Crippen molar-refractivity contribution in [3.8, 4) is 11.5 Å². The molecule has 0 N–H and O–H groups in total. The molecular formula is C14H18N4O3S. The van der Waals surface area contributed by atoms with Crippen molar-refractivity contribution in [1.29, 1.82) is 0 Å². The maximum atomic E-state index is 11.8. The molecule has 1 unspecified atom stereocenters. The van der Waals surface area contributed by atoms with Gasteiger partial charge in [0.1, 0.15) is 0 Å². The molecule has 0 radical (unpaired) electrons. The van der Waals surface area contributed by atoms with Crippen LogP contribution in [0.2, 0.25) is 0 Å². The molecule has 0 spiro atoms. The number of sulfonamides is 1. The highest BCUT2D eigenvalue weighted by Gasteiger charge is 2.39. The number of piperidine rings is 1. The van der Waals surface area contributed by atoms with Crippen LogP contribution >= 0.6 is 0 Å². The highest BCUT2D eigenvalue weighted by Crippen LogP contribution is 2.33. The van der Waals surface area contributed by atoms with Crippen molar-refractivity contribution in [2.75, 3.05) is 19.3 Å². The molecule has 1 atom stereocenters. The zero-order valence-corrected chi connectivity index (χ0v) is 13.4. The first-order valence-electron chi connectivity index (χ1n) is 7.08. The van der Waals surface area contributed by atoms with Gasteiger partial charge in [-0.3, -0.25) is 4.98 Å². The SMILES string of the molecule is CC1(c2noc(-c3ccncc3)n2)CCCN(S(C)(=O)=O)C1. The summed E-state index contributed by atoms with van der Waals surface area (Å²) in [5.41, 5.74) is 0.365. The van der Waals surface area contributed by atoms with E-state index >= 15 is 0 Å². The number of rotatable bonds is 3. The topological polar surface area (TPSA) is 89.2 Å². The summed E-state index contributed by atoms with van der Waals surface area (Å²) in [6, 6.07) is 3.59. The maximum Gasteiger partial charge on any atom is 0.258 e. The van der Waals surface area contributed by atoms with E-state index in [0.29, 0.717) is 24.8 Å². The molecule has 7 nitrogen and oxygen atoms in total. The van der Waals surface area contributed by atoms with Crippen LogP contribution in [-0.4, -0.2) is 47.2 Å². The fourth-order valence-electron chi connectivity index (χ4n) is 2.74. The van der Waals surface area contributed by atoms with E-state index in [1.165, 1.54) is 10.6 Å². The van der Waals surface area contributed by atoms with E-state index in [1.807, 2.05) is 6.92 Å². The van der Waals surface area contributed by atoms with Crippen LogP contribution < -0.4 is 0 Å². The van der Waals surface area contributed by atoms with Crippen LogP contribution in [0.1, 0.15) is 25.6 Å². The van der Waals surface area contributed by atoms with E-state index < -0.39 is 15.4 Å². The third-order valence-corrected chi connectivity index (χ3v) is 5.27. The molecule has 1 fully saturated rings. The van der Waals surface area contributed by atoms with E-state index in [-0.39, 0.29) is 0 Å². The van der Waals surface area contributed by atoms with E-state index in [2.05, 4.69) is 15.1 Å². The minimum absolute atomic E-state index is 0.376. The highest BCUT2D eigenvalue weighted by molar-refractivity contribution is 7.88. The highest BCUT2D eigenvalue weighted by atomic mass is 32.2. The molecule has 22 heavy (non-hydrogen) atoms. The molecule has 2 aromatic rings. The van der Waals surface area contributed by atoms with E-state index in [4.69, 9.17) is 4.52 Å². The molecule has 0 amide bonds. The second kappa shape index (κ2) is 5.44. The molecular weight excluding hydrogens is 304 g/mol. The Morgan fingerprint density at radius 3 is 2.73 bits per heavy atom. The number of hydrogen-bond donors (Lipinski definition) is 0. The first-order chi connectivity index (χ1) is 10.4. The zero-order chi connectivity index (χ0) is 15.8. The Labute approximate surface area is 129 Å². The Kier molecular flexibility index (Phi) is 3.73. The van der Waals surface area contributed by atoms with Gasteiger partial charge in [-0.15, -0.1) is 0 Å². The third kappa shape index (κ3) is 2.89. The van der Waals surface area contributed by atoms with Gasteiger partial charge in [0, 0.05) is 36.5 Å². The summed E-state index contributed by atoms with van der Waals surface area (Å²) in [6.45, 7) is 2.90. The first kappa shape index (κ1) is 15.1. The standard InChI is InChI=1S/C14H18N4O3S/c1-14(6-3-9-18(10-14)22(2,19)20)13-16-12(21-17-13)11-4-7-15-8-5-11/h4-5,7-8H,3,6,9-10H2,1-2H3. The van der Waals surface area contributed by atoms with Crippen molar-refractivity contribution in [2.45, 2.75) is 25.2 Å². The van der Waals surface area contributed by atoms with Crippen molar-refractivity contribution in [2.24, 2.45) is 0 Å². The van der Waals surface area contributed by atoms with Crippen molar-refractivity contribution >= 4 is 10.0 Å². The molecule has 3 rings (SSSR count). The van der Waals surface area contributed by atoms with Gasteiger partial charge < -0.3 is 4.52 Å². The predicted octanol–water partition coefficient (Wildman–Crippen LogP) is 1.44. The molecule has 1 aliphatic heterocycles. The van der Waals surface area contributed by atoms with Crippen LogP contribution in [0.15, 0.2) is 29.0 Å². The van der Waals surface area contributed by atoms with Gasteiger partial charge in [-0.05, 0) is 25.0 Å². The molecule has 0 aromatic carbocycles. The lowest BCUT2D eigenvalue weighted by Crippen LogP contribution is -2.47. The predicted molar refractivity (Wildman–Crippen MR) is 80.5 cm³/mol. The number of pyridine rings is 1. The Morgan fingerprint density at radius 2 is 2.05 bits per heavy atom. The molecule has 1 saturated heterocycles. The minimum Gasteiger partial charge on any atom is -0.334 e. The van der Waals surface area contributed by atoms with E-state index in [9.17, 15) is 8.42 Å². The minimum atomic E-state index is -3.21. The maximum absolute atomic E-state index is 11.8. The van der Waals surface area contributed by atoms with Gasteiger partial charge in [0.05, 0.1) is 6.26 Å². The van der Waals surface area contributed by atoms with Gasteiger partial charge in [0.15, 0.2) is 5.82 Å². The van der Waals surface area contributed by atoms with Crippen molar-refractivity contribution < 1.29 is 12.9 Å². The number of nitrogens with zero attached hydrogens (tertiary/aromatic N) is 4. The smallest absolute Gasteiger partial charge is 0.258 e. The van der Waals surface area contributed by atoms with E-state index in [1.54, 1.807) is 24.5 Å². The Bertz CT molecular complexity index is 759. The van der Waals surface area contributed by atoms with Crippen LogP contribution in [-0.2, 0) is 15.4 Å². The molecule has 0 aliphatic carbocycles. The quantitative estimate of drug-likeness (QED) is 0.849. The van der Waals surface area contributed by atoms with Crippen molar-refractivity contribution in [3.05, 3.63) is 30.4 Å². The van der Waals surface area contributed by atoms with Crippen LogP contribution in [0.3, 0.4) is 0 Å². The number of hydrogen-bond acceptors (Lipinski definition) is 6. The Morgan fingerprint density at radius 1 is 1.32 bits per heavy atom. The molecule has 3 heterocycles. The lowest BCUT2D eigenvalue weighted by molar-refractivity contribution is 0.227. The molecule has 8 heteroatoms. The second-order valence-corrected chi connectivity index (χ2v) is 7.90. The second-order valence-electron chi connectivity index (χ2n) is 5.92. The monoisotopic (exact) mass is 322 g/mol. The van der Waals surface area contributed by atoms with Crippen molar-refractivity contribution in [1.82, 2.24) is 19.4 Å². The van der Waals surface area contributed by atoms with Gasteiger partial charge in [0.25, 0.3) is 5.89 Å². The van der Waals surface area contributed by atoms with Gasteiger partial charge in [0.2, 0.25) is 10.0 Å². The van der Waals surface area contributed by atoms with Crippen LogP contribution in [0, 0.1) is 0 Å². The molecule has 2 aromatic heterocycles. The zero-order valence-electron chi connectivity index (χ0n) is 12.6. The van der Waals surface area contributed by atoms with Gasteiger partial charge in [-0.1, -0.05) is 12.1 Å². The average Bonchev–Trinajstić information content (AvgIpc) is 2.98. The molecule has 118 valence electrons. The fourth-order valence-corrected chi connectivity index (χ4v) is 3.72. The molecule has 0 saturated carbocycles.